The van der Waals surface area contributed by atoms with Crippen LogP contribution in [0.2, 0.25) is 5.02 Å². The molecule has 5 nitrogen and oxygen atoms in total. The number of pyridine rings is 1. The quantitative estimate of drug-likeness (QED) is 0.871. The highest BCUT2D eigenvalue weighted by Crippen LogP contribution is 2.26. The summed E-state index contributed by atoms with van der Waals surface area (Å²) in [4.78, 5) is 19.4. The SMILES string of the molecule is CCN(CC(=O)N(C)C)c1nccc(CN)c1Cl. The van der Waals surface area contributed by atoms with Crippen molar-refractivity contribution in [2.75, 3.05) is 32.1 Å². The highest BCUT2D eigenvalue weighted by Gasteiger charge is 2.16. The lowest BCUT2D eigenvalue weighted by Gasteiger charge is -2.24. The Bertz CT molecular complexity index is 423. The number of nitrogens with zero attached hydrogens (tertiary/aromatic N) is 3. The molecule has 2 N–H and O–H groups in total. The number of carbonyl (C=O) groups excluding carboxylic acids is 1. The summed E-state index contributed by atoms with van der Waals surface area (Å²) in [5, 5.41) is 0.522. The molecule has 0 aliphatic heterocycles. The molecule has 1 heterocycles. The Morgan fingerprint density at radius 3 is 2.67 bits per heavy atom. The summed E-state index contributed by atoms with van der Waals surface area (Å²) >= 11 is 6.24. The maximum Gasteiger partial charge on any atom is 0.241 e. The number of hydrogen-bond donors (Lipinski definition) is 1. The van der Waals surface area contributed by atoms with Gasteiger partial charge in [-0.2, -0.15) is 0 Å². The number of aromatic nitrogens is 1. The van der Waals surface area contributed by atoms with E-state index in [0.29, 0.717) is 23.9 Å². The zero-order valence-corrected chi connectivity index (χ0v) is 11.7. The first-order chi connectivity index (χ1) is 8.51. The van der Waals surface area contributed by atoms with Crippen LogP contribution >= 0.6 is 11.6 Å². The monoisotopic (exact) mass is 270 g/mol. The Morgan fingerprint density at radius 1 is 1.50 bits per heavy atom. The topological polar surface area (TPSA) is 62.5 Å². The third kappa shape index (κ3) is 3.34. The number of amides is 1. The Hall–Kier alpha value is -1.33. The number of anilines is 1. The number of hydrogen-bond acceptors (Lipinski definition) is 4. The molecule has 0 radical (unpaired) electrons. The lowest BCUT2D eigenvalue weighted by molar-refractivity contribution is -0.127. The number of carbonyl (C=O) groups is 1. The minimum atomic E-state index is 0.00729. The van der Waals surface area contributed by atoms with Crippen molar-refractivity contribution in [3.05, 3.63) is 22.8 Å². The molecule has 0 saturated carbocycles. The zero-order valence-electron chi connectivity index (χ0n) is 11.0. The number of rotatable bonds is 5. The molecule has 0 aliphatic carbocycles. The summed E-state index contributed by atoms with van der Waals surface area (Å²) in [5.41, 5.74) is 6.44. The molecule has 0 atom stereocenters. The number of halogens is 1. The molecule has 0 unspecified atom stereocenters. The van der Waals surface area contributed by atoms with E-state index >= 15 is 0 Å². The Morgan fingerprint density at radius 2 is 2.17 bits per heavy atom. The predicted octanol–water partition coefficient (Wildman–Crippen LogP) is 1.11. The minimum Gasteiger partial charge on any atom is -0.347 e. The lowest BCUT2D eigenvalue weighted by atomic mass is 10.2. The van der Waals surface area contributed by atoms with Crippen LogP contribution in [0, 0.1) is 0 Å². The molecule has 1 aromatic rings. The molecule has 0 aromatic carbocycles. The average Bonchev–Trinajstić information content (AvgIpc) is 2.36. The van der Waals surface area contributed by atoms with Crippen molar-refractivity contribution < 1.29 is 4.79 Å². The van der Waals surface area contributed by atoms with Crippen LogP contribution in [0.4, 0.5) is 5.82 Å². The summed E-state index contributed by atoms with van der Waals surface area (Å²) < 4.78 is 0. The maximum atomic E-state index is 11.7. The number of likely N-dealkylation sites (N-methyl/N-ethyl adjacent to an activating group) is 2. The van der Waals surface area contributed by atoms with E-state index in [9.17, 15) is 4.79 Å². The van der Waals surface area contributed by atoms with Crippen molar-refractivity contribution in [2.24, 2.45) is 5.73 Å². The van der Waals surface area contributed by atoms with Gasteiger partial charge >= 0.3 is 0 Å². The van der Waals surface area contributed by atoms with E-state index in [1.807, 2.05) is 11.8 Å². The predicted molar refractivity (Wildman–Crippen MR) is 73.7 cm³/mol. The van der Waals surface area contributed by atoms with Gasteiger partial charge in [0.15, 0.2) is 0 Å². The second kappa shape index (κ2) is 6.56. The van der Waals surface area contributed by atoms with Crippen molar-refractivity contribution in [3.8, 4) is 0 Å². The molecule has 0 aliphatic rings. The van der Waals surface area contributed by atoms with Gasteiger partial charge in [0.25, 0.3) is 0 Å². The average molecular weight is 271 g/mol. The molecule has 6 heteroatoms. The van der Waals surface area contributed by atoms with Gasteiger partial charge in [0, 0.05) is 33.4 Å². The second-order valence-electron chi connectivity index (χ2n) is 4.11. The Kier molecular flexibility index (Phi) is 5.37. The molecule has 1 amide bonds. The summed E-state index contributed by atoms with van der Waals surface area (Å²) in [6.45, 7) is 3.22. The standard InChI is InChI=1S/C12H19ClN4O/c1-4-17(8-10(18)16(2)3)12-11(13)9(7-14)5-6-15-12/h5-6H,4,7-8,14H2,1-3H3. The van der Waals surface area contributed by atoms with Crippen molar-refractivity contribution in [1.29, 1.82) is 0 Å². The molecular weight excluding hydrogens is 252 g/mol. The first-order valence-electron chi connectivity index (χ1n) is 5.79. The van der Waals surface area contributed by atoms with Crippen LogP contribution in [-0.2, 0) is 11.3 Å². The van der Waals surface area contributed by atoms with E-state index in [-0.39, 0.29) is 12.5 Å². The van der Waals surface area contributed by atoms with Crippen molar-refractivity contribution >= 4 is 23.3 Å². The summed E-state index contributed by atoms with van der Waals surface area (Å²) in [6.07, 6.45) is 1.66. The van der Waals surface area contributed by atoms with Crippen LogP contribution in [0.1, 0.15) is 12.5 Å². The van der Waals surface area contributed by atoms with E-state index in [2.05, 4.69) is 4.98 Å². The molecule has 1 rings (SSSR count). The van der Waals surface area contributed by atoms with Crippen LogP contribution in [0.15, 0.2) is 12.3 Å². The van der Waals surface area contributed by atoms with Crippen molar-refractivity contribution in [3.63, 3.8) is 0 Å². The van der Waals surface area contributed by atoms with Gasteiger partial charge in [-0.25, -0.2) is 4.98 Å². The van der Waals surface area contributed by atoms with Crippen LogP contribution < -0.4 is 10.6 Å². The van der Waals surface area contributed by atoms with Gasteiger partial charge in [-0.05, 0) is 18.6 Å². The first-order valence-corrected chi connectivity index (χ1v) is 6.17. The molecule has 0 spiro atoms. The third-order valence-electron chi connectivity index (χ3n) is 2.68. The van der Waals surface area contributed by atoms with Crippen LogP contribution in [-0.4, -0.2) is 43.0 Å². The lowest BCUT2D eigenvalue weighted by Crippen LogP contribution is -2.37. The van der Waals surface area contributed by atoms with Crippen molar-refractivity contribution in [2.45, 2.75) is 13.5 Å². The molecular formula is C12H19ClN4O. The van der Waals surface area contributed by atoms with E-state index in [1.54, 1.807) is 31.3 Å². The van der Waals surface area contributed by atoms with Crippen LogP contribution in [0.25, 0.3) is 0 Å². The molecule has 1 aromatic heterocycles. The summed E-state index contributed by atoms with van der Waals surface area (Å²) in [6, 6.07) is 1.79. The molecule has 0 saturated heterocycles. The fourth-order valence-electron chi connectivity index (χ4n) is 1.49. The zero-order chi connectivity index (χ0) is 13.7. The summed E-state index contributed by atoms with van der Waals surface area (Å²) in [5.74, 6) is 0.616. The van der Waals surface area contributed by atoms with Gasteiger partial charge in [0.05, 0.1) is 11.6 Å². The van der Waals surface area contributed by atoms with E-state index in [1.165, 1.54) is 0 Å². The minimum absolute atomic E-state index is 0.00729. The largest absolute Gasteiger partial charge is 0.347 e. The third-order valence-corrected chi connectivity index (χ3v) is 3.09. The van der Waals surface area contributed by atoms with Crippen molar-refractivity contribution in [1.82, 2.24) is 9.88 Å². The second-order valence-corrected chi connectivity index (χ2v) is 4.49. The van der Waals surface area contributed by atoms with E-state index in [4.69, 9.17) is 17.3 Å². The van der Waals surface area contributed by atoms with Crippen LogP contribution in [0.5, 0.6) is 0 Å². The molecule has 18 heavy (non-hydrogen) atoms. The molecule has 0 bridgehead atoms. The van der Waals surface area contributed by atoms with Crippen LogP contribution in [0.3, 0.4) is 0 Å². The fourth-order valence-corrected chi connectivity index (χ4v) is 1.80. The van der Waals surface area contributed by atoms with Gasteiger partial charge in [0.2, 0.25) is 5.91 Å². The smallest absolute Gasteiger partial charge is 0.241 e. The summed E-state index contributed by atoms with van der Waals surface area (Å²) in [7, 11) is 3.45. The first kappa shape index (κ1) is 14.7. The van der Waals surface area contributed by atoms with Gasteiger partial charge in [-0.1, -0.05) is 11.6 Å². The Labute approximate surface area is 113 Å². The normalized spacial score (nSPS) is 10.3. The van der Waals surface area contributed by atoms with E-state index in [0.717, 1.165) is 5.56 Å². The van der Waals surface area contributed by atoms with Gasteiger partial charge < -0.3 is 15.5 Å². The Balaban J connectivity index is 2.98. The maximum absolute atomic E-state index is 11.7. The number of nitrogens with two attached hydrogens (primary N) is 1. The fraction of sp³-hybridized carbons (Fsp3) is 0.500. The van der Waals surface area contributed by atoms with Gasteiger partial charge in [-0.3, -0.25) is 4.79 Å². The molecule has 100 valence electrons. The van der Waals surface area contributed by atoms with Gasteiger partial charge in [0.1, 0.15) is 5.82 Å². The molecule has 0 fully saturated rings. The highest BCUT2D eigenvalue weighted by molar-refractivity contribution is 6.33. The highest BCUT2D eigenvalue weighted by atomic mass is 35.5. The van der Waals surface area contributed by atoms with E-state index < -0.39 is 0 Å². The van der Waals surface area contributed by atoms with Gasteiger partial charge in [-0.15, -0.1) is 0 Å².